The van der Waals surface area contributed by atoms with Crippen molar-refractivity contribution in [3.05, 3.63) is 29.3 Å². The SMILES string of the molecule is CCC(C)Nc1oc(/C=C/c2cc(OC)c(OC)c(OC)c2)nc1C#N. The largest absolute Gasteiger partial charge is 0.493 e. The molecule has 0 bridgehead atoms. The molecule has 0 aliphatic rings. The van der Waals surface area contributed by atoms with Crippen molar-refractivity contribution in [3.63, 3.8) is 0 Å². The maximum atomic E-state index is 9.21. The molecule has 2 rings (SSSR count). The summed E-state index contributed by atoms with van der Waals surface area (Å²) in [6, 6.07) is 5.84. The second-order valence-corrected chi connectivity index (χ2v) is 5.59. The molecule has 1 heterocycles. The van der Waals surface area contributed by atoms with E-state index >= 15 is 0 Å². The Bertz CT molecular complexity index is 796. The highest BCUT2D eigenvalue weighted by atomic mass is 16.5. The number of hydrogen-bond acceptors (Lipinski definition) is 7. The van der Waals surface area contributed by atoms with Gasteiger partial charge in [-0.2, -0.15) is 10.2 Å². The fourth-order valence-electron chi connectivity index (χ4n) is 2.27. The molecule has 0 fully saturated rings. The van der Waals surface area contributed by atoms with E-state index in [1.807, 2.05) is 32.0 Å². The number of oxazole rings is 1. The first kappa shape index (κ1) is 19.2. The minimum atomic E-state index is 0.182. The maximum absolute atomic E-state index is 9.21. The first-order valence-electron chi connectivity index (χ1n) is 8.21. The number of nitriles is 1. The van der Waals surface area contributed by atoms with Crippen molar-refractivity contribution in [2.45, 2.75) is 26.3 Å². The molecule has 1 aromatic heterocycles. The number of ether oxygens (including phenoxy) is 3. The van der Waals surface area contributed by atoms with Crippen molar-refractivity contribution < 1.29 is 18.6 Å². The smallest absolute Gasteiger partial charge is 0.232 e. The number of nitrogens with one attached hydrogen (secondary N) is 1. The summed E-state index contributed by atoms with van der Waals surface area (Å²) in [5.41, 5.74) is 1.04. The van der Waals surface area contributed by atoms with E-state index in [9.17, 15) is 5.26 Å². The van der Waals surface area contributed by atoms with Crippen LogP contribution >= 0.6 is 0 Å². The van der Waals surface area contributed by atoms with Gasteiger partial charge in [-0.15, -0.1) is 0 Å². The van der Waals surface area contributed by atoms with Crippen molar-refractivity contribution in [1.29, 1.82) is 5.26 Å². The molecule has 1 atom stereocenters. The van der Waals surface area contributed by atoms with Crippen molar-refractivity contribution >= 4 is 18.0 Å². The van der Waals surface area contributed by atoms with Crippen LogP contribution in [0.25, 0.3) is 12.2 Å². The maximum Gasteiger partial charge on any atom is 0.232 e. The Morgan fingerprint density at radius 1 is 1.19 bits per heavy atom. The lowest BCUT2D eigenvalue weighted by atomic mass is 10.1. The summed E-state index contributed by atoms with van der Waals surface area (Å²) >= 11 is 0. The zero-order chi connectivity index (χ0) is 19.1. The van der Waals surface area contributed by atoms with E-state index in [1.165, 1.54) is 0 Å². The zero-order valence-electron chi connectivity index (χ0n) is 15.6. The molecule has 0 aliphatic carbocycles. The molecule has 1 N–H and O–H groups in total. The van der Waals surface area contributed by atoms with Gasteiger partial charge in [0.2, 0.25) is 23.2 Å². The molecule has 0 amide bonds. The molecule has 0 radical (unpaired) electrons. The molecule has 1 aromatic carbocycles. The number of anilines is 1. The standard InChI is InChI=1S/C19H23N3O4/c1-6-12(2)21-19-14(11-20)22-17(26-19)8-7-13-9-15(23-3)18(25-5)16(10-13)24-4/h7-10,12,21H,6H2,1-5H3/b8-7+. The minimum Gasteiger partial charge on any atom is -0.493 e. The summed E-state index contributed by atoms with van der Waals surface area (Å²) in [5, 5.41) is 12.4. The van der Waals surface area contributed by atoms with Crippen molar-refractivity contribution in [2.75, 3.05) is 26.6 Å². The first-order chi connectivity index (χ1) is 12.6. The molecule has 0 spiro atoms. The van der Waals surface area contributed by atoms with Crippen LogP contribution in [-0.4, -0.2) is 32.4 Å². The van der Waals surface area contributed by atoms with Gasteiger partial charge in [-0.05, 0) is 37.1 Å². The third-order valence-electron chi connectivity index (χ3n) is 3.84. The molecule has 0 saturated heterocycles. The normalized spacial score (nSPS) is 11.8. The number of hydrogen-bond donors (Lipinski definition) is 1. The average Bonchev–Trinajstić information content (AvgIpc) is 3.06. The Labute approximate surface area is 153 Å². The van der Waals surface area contributed by atoms with Crippen LogP contribution in [0.4, 0.5) is 5.88 Å². The number of rotatable bonds is 8. The highest BCUT2D eigenvalue weighted by Gasteiger charge is 2.14. The highest BCUT2D eigenvalue weighted by molar-refractivity contribution is 5.71. The number of nitrogens with zero attached hydrogens (tertiary/aromatic N) is 2. The lowest BCUT2D eigenvalue weighted by molar-refractivity contribution is 0.324. The van der Waals surface area contributed by atoms with E-state index < -0.39 is 0 Å². The van der Waals surface area contributed by atoms with Gasteiger partial charge in [0.1, 0.15) is 6.07 Å². The van der Waals surface area contributed by atoms with Crippen LogP contribution in [0.3, 0.4) is 0 Å². The van der Waals surface area contributed by atoms with Gasteiger partial charge in [0.05, 0.1) is 21.3 Å². The Balaban J connectivity index is 2.31. The summed E-state index contributed by atoms with van der Waals surface area (Å²) in [6.45, 7) is 4.06. The van der Waals surface area contributed by atoms with Gasteiger partial charge in [-0.1, -0.05) is 6.92 Å². The lowest BCUT2D eigenvalue weighted by Gasteiger charge is -2.12. The predicted octanol–water partition coefficient (Wildman–Crippen LogP) is 3.95. The van der Waals surface area contributed by atoms with Crippen LogP contribution in [0, 0.1) is 11.3 Å². The fraction of sp³-hybridized carbons (Fsp3) is 0.368. The number of aromatic nitrogens is 1. The van der Waals surface area contributed by atoms with Crippen molar-refractivity contribution in [1.82, 2.24) is 4.98 Å². The van der Waals surface area contributed by atoms with Gasteiger partial charge in [0, 0.05) is 12.1 Å². The van der Waals surface area contributed by atoms with Gasteiger partial charge >= 0.3 is 0 Å². The van der Waals surface area contributed by atoms with Crippen LogP contribution in [0.2, 0.25) is 0 Å². The summed E-state index contributed by atoms with van der Waals surface area (Å²) in [4.78, 5) is 4.19. The van der Waals surface area contributed by atoms with E-state index in [0.29, 0.717) is 29.0 Å². The van der Waals surface area contributed by atoms with Crippen LogP contribution < -0.4 is 19.5 Å². The van der Waals surface area contributed by atoms with Crippen molar-refractivity contribution in [2.24, 2.45) is 0 Å². The third-order valence-corrected chi connectivity index (χ3v) is 3.84. The first-order valence-corrected chi connectivity index (χ1v) is 8.21. The minimum absolute atomic E-state index is 0.182. The van der Waals surface area contributed by atoms with E-state index in [4.69, 9.17) is 18.6 Å². The Hall–Kier alpha value is -3.14. The molecule has 0 aliphatic heterocycles. The Morgan fingerprint density at radius 2 is 1.85 bits per heavy atom. The molecular formula is C19H23N3O4. The van der Waals surface area contributed by atoms with Crippen molar-refractivity contribution in [3.8, 4) is 23.3 Å². The molecule has 7 heteroatoms. The van der Waals surface area contributed by atoms with E-state index in [-0.39, 0.29) is 11.7 Å². The van der Waals surface area contributed by atoms with Gasteiger partial charge < -0.3 is 23.9 Å². The highest BCUT2D eigenvalue weighted by Crippen LogP contribution is 2.38. The van der Waals surface area contributed by atoms with Gasteiger partial charge in [0.15, 0.2) is 11.5 Å². The molecular weight excluding hydrogens is 334 g/mol. The Morgan fingerprint density at radius 3 is 2.35 bits per heavy atom. The molecule has 26 heavy (non-hydrogen) atoms. The van der Waals surface area contributed by atoms with Crippen LogP contribution in [0.5, 0.6) is 17.2 Å². The molecule has 0 saturated carbocycles. The molecule has 1 unspecified atom stereocenters. The molecule has 7 nitrogen and oxygen atoms in total. The van der Waals surface area contributed by atoms with Crippen LogP contribution in [-0.2, 0) is 0 Å². The fourth-order valence-corrected chi connectivity index (χ4v) is 2.27. The van der Waals surface area contributed by atoms with Gasteiger partial charge in [-0.3, -0.25) is 0 Å². The average molecular weight is 357 g/mol. The summed E-state index contributed by atoms with van der Waals surface area (Å²) in [7, 11) is 4.67. The summed E-state index contributed by atoms with van der Waals surface area (Å²) in [5.74, 6) is 2.34. The number of benzene rings is 1. The second kappa shape index (κ2) is 8.81. The molecule has 138 valence electrons. The zero-order valence-corrected chi connectivity index (χ0v) is 15.6. The molecule has 2 aromatic rings. The van der Waals surface area contributed by atoms with E-state index in [0.717, 1.165) is 12.0 Å². The number of methoxy groups -OCH3 is 3. The topological polar surface area (TPSA) is 89.5 Å². The van der Waals surface area contributed by atoms with Gasteiger partial charge in [0.25, 0.3) is 0 Å². The third kappa shape index (κ3) is 4.28. The lowest BCUT2D eigenvalue weighted by Crippen LogP contribution is -2.13. The van der Waals surface area contributed by atoms with E-state index in [2.05, 4.69) is 10.3 Å². The van der Waals surface area contributed by atoms with E-state index in [1.54, 1.807) is 33.5 Å². The second-order valence-electron chi connectivity index (χ2n) is 5.59. The predicted molar refractivity (Wildman–Crippen MR) is 99.6 cm³/mol. The summed E-state index contributed by atoms with van der Waals surface area (Å²) < 4.78 is 21.6. The quantitative estimate of drug-likeness (QED) is 0.765. The Kier molecular flexibility index (Phi) is 6.50. The summed E-state index contributed by atoms with van der Waals surface area (Å²) in [6.07, 6.45) is 4.38. The van der Waals surface area contributed by atoms with Gasteiger partial charge in [-0.25, -0.2) is 0 Å². The van der Waals surface area contributed by atoms with Crippen LogP contribution in [0.15, 0.2) is 16.5 Å². The monoisotopic (exact) mass is 357 g/mol. The van der Waals surface area contributed by atoms with Crippen LogP contribution in [0.1, 0.15) is 37.4 Å².